The SMILES string of the molecule is Cc1ccc(NC(=O)CN(C)C2CCCC2CN)cc1F. The predicted molar refractivity (Wildman–Crippen MR) is 82.6 cm³/mol. The van der Waals surface area contributed by atoms with Crippen LogP contribution < -0.4 is 11.1 Å². The largest absolute Gasteiger partial charge is 0.330 e. The average Bonchev–Trinajstić information content (AvgIpc) is 2.91. The molecular formula is C16H24FN3O. The third-order valence-corrected chi connectivity index (χ3v) is 4.34. The maximum absolute atomic E-state index is 13.5. The maximum atomic E-state index is 13.5. The highest BCUT2D eigenvalue weighted by Crippen LogP contribution is 2.28. The summed E-state index contributed by atoms with van der Waals surface area (Å²) in [4.78, 5) is 14.1. The molecule has 1 amide bonds. The molecule has 2 atom stereocenters. The van der Waals surface area contributed by atoms with E-state index in [1.807, 2.05) is 7.05 Å². The van der Waals surface area contributed by atoms with Gasteiger partial charge in [-0.3, -0.25) is 9.69 Å². The van der Waals surface area contributed by atoms with Gasteiger partial charge in [-0.05, 0) is 57.0 Å². The van der Waals surface area contributed by atoms with Gasteiger partial charge in [0.2, 0.25) is 5.91 Å². The number of benzene rings is 1. The topological polar surface area (TPSA) is 58.4 Å². The molecule has 2 unspecified atom stereocenters. The van der Waals surface area contributed by atoms with Crippen LogP contribution in [0.25, 0.3) is 0 Å². The number of carbonyl (C=O) groups excluding carboxylic acids is 1. The van der Waals surface area contributed by atoms with Gasteiger partial charge in [-0.1, -0.05) is 12.5 Å². The second-order valence-corrected chi connectivity index (χ2v) is 5.92. The van der Waals surface area contributed by atoms with Crippen LogP contribution in [-0.2, 0) is 4.79 Å². The van der Waals surface area contributed by atoms with Gasteiger partial charge in [0.15, 0.2) is 0 Å². The van der Waals surface area contributed by atoms with Crippen LogP contribution in [0, 0.1) is 18.7 Å². The highest BCUT2D eigenvalue weighted by molar-refractivity contribution is 5.92. The number of anilines is 1. The Bertz CT molecular complexity index is 506. The Morgan fingerprint density at radius 2 is 2.24 bits per heavy atom. The number of amides is 1. The zero-order chi connectivity index (χ0) is 15.4. The molecule has 1 fully saturated rings. The van der Waals surface area contributed by atoms with Crippen molar-refractivity contribution < 1.29 is 9.18 Å². The van der Waals surface area contributed by atoms with E-state index in [1.54, 1.807) is 19.1 Å². The summed E-state index contributed by atoms with van der Waals surface area (Å²) < 4.78 is 13.5. The third-order valence-electron chi connectivity index (χ3n) is 4.34. The zero-order valence-electron chi connectivity index (χ0n) is 12.7. The molecule has 116 valence electrons. The average molecular weight is 293 g/mol. The quantitative estimate of drug-likeness (QED) is 0.874. The number of hydrogen-bond donors (Lipinski definition) is 2. The molecule has 5 heteroatoms. The molecule has 0 heterocycles. The van der Waals surface area contributed by atoms with Crippen molar-refractivity contribution in [2.45, 2.75) is 32.2 Å². The van der Waals surface area contributed by atoms with E-state index in [-0.39, 0.29) is 11.7 Å². The van der Waals surface area contributed by atoms with E-state index in [4.69, 9.17) is 5.73 Å². The first kappa shape index (κ1) is 15.9. The first-order valence-corrected chi connectivity index (χ1v) is 7.47. The van der Waals surface area contributed by atoms with Crippen molar-refractivity contribution in [3.05, 3.63) is 29.6 Å². The van der Waals surface area contributed by atoms with E-state index in [1.165, 1.54) is 12.5 Å². The molecule has 1 aliphatic rings. The van der Waals surface area contributed by atoms with Crippen molar-refractivity contribution >= 4 is 11.6 Å². The summed E-state index contributed by atoms with van der Waals surface area (Å²) in [6.45, 7) is 2.66. The zero-order valence-corrected chi connectivity index (χ0v) is 12.7. The molecule has 1 saturated carbocycles. The number of halogens is 1. The molecule has 0 saturated heterocycles. The minimum atomic E-state index is -0.305. The van der Waals surface area contributed by atoms with Crippen LogP contribution in [-0.4, -0.2) is 37.0 Å². The Morgan fingerprint density at radius 3 is 2.90 bits per heavy atom. The van der Waals surface area contributed by atoms with Crippen LogP contribution in [0.1, 0.15) is 24.8 Å². The fraction of sp³-hybridized carbons (Fsp3) is 0.562. The number of nitrogens with two attached hydrogens (primary N) is 1. The normalized spacial score (nSPS) is 21.8. The highest BCUT2D eigenvalue weighted by Gasteiger charge is 2.29. The van der Waals surface area contributed by atoms with Gasteiger partial charge >= 0.3 is 0 Å². The van der Waals surface area contributed by atoms with Crippen molar-refractivity contribution in [3.8, 4) is 0 Å². The van der Waals surface area contributed by atoms with Gasteiger partial charge in [0, 0.05) is 11.7 Å². The molecule has 0 aliphatic heterocycles. The van der Waals surface area contributed by atoms with Gasteiger partial charge in [0.25, 0.3) is 0 Å². The van der Waals surface area contributed by atoms with Crippen LogP contribution in [0.2, 0.25) is 0 Å². The summed E-state index contributed by atoms with van der Waals surface area (Å²) in [5, 5.41) is 2.75. The fourth-order valence-electron chi connectivity index (χ4n) is 3.09. The summed E-state index contributed by atoms with van der Waals surface area (Å²) in [7, 11) is 1.95. The second-order valence-electron chi connectivity index (χ2n) is 5.92. The molecule has 0 radical (unpaired) electrons. The van der Waals surface area contributed by atoms with Gasteiger partial charge in [0.05, 0.1) is 6.54 Å². The summed E-state index contributed by atoms with van der Waals surface area (Å²) in [5.74, 6) is 0.0446. The van der Waals surface area contributed by atoms with E-state index >= 15 is 0 Å². The Hall–Kier alpha value is -1.46. The number of nitrogens with zero attached hydrogens (tertiary/aromatic N) is 1. The van der Waals surface area contributed by atoms with Crippen molar-refractivity contribution in [1.82, 2.24) is 4.90 Å². The van der Waals surface area contributed by atoms with Gasteiger partial charge in [-0.25, -0.2) is 4.39 Å². The lowest BCUT2D eigenvalue weighted by atomic mass is 10.0. The molecule has 0 spiro atoms. The van der Waals surface area contributed by atoms with Crippen molar-refractivity contribution in [3.63, 3.8) is 0 Å². The Morgan fingerprint density at radius 1 is 1.48 bits per heavy atom. The van der Waals surface area contributed by atoms with Crippen LogP contribution in [0.4, 0.5) is 10.1 Å². The van der Waals surface area contributed by atoms with Gasteiger partial charge in [-0.15, -0.1) is 0 Å². The number of likely N-dealkylation sites (N-methyl/N-ethyl adjacent to an activating group) is 1. The Kier molecular flexibility index (Phi) is 5.31. The third kappa shape index (κ3) is 4.02. The summed E-state index contributed by atoms with van der Waals surface area (Å²) in [6, 6.07) is 5.10. The number of nitrogens with one attached hydrogen (secondary N) is 1. The van der Waals surface area contributed by atoms with Crippen LogP contribution >= 0.6 is 0 Å². The van der Waals surface area contributed by atoms with E-state index in [9.17, 15) is 9.18 Å². The molecule has 4 nitrogen and oxygen atoms in total. The smallest absolute Gasteiger partial charge is 0.238 e. The first-order valence-electron chi connectivity index (χ1n) is 7.47. The molecular weight excluding hydrogens is 269 g/mol. The van der Waals surface area contributed by atoms with E-state index in [0.717, 1.165) is 12.8 Å². The fourth-order valence-corrected chi connectivity index (χ4v) is 3.09. The summed E-state index contributed by atoms with van der Waals surface area (Å²) in [6.07, 6.45) is 3.39. The van der Waals surface area contributed by atoms with E-state index < -0.39 is 0 Å². The molecule has 3 N–H and O–H groups in total. The van der Waals surface area contributed by atoms with Gasteiger partial charge in [-0.2, -0.15) is 0 Å². The monoisotopic (exact) mass is 293 g/mol. The molecule has 1 aromatic carbocycles. The predicted octanol–water partition coefficient (Wildman–Crippen LogP) is 2.13. The van der Waals surface area contributed by atoms with Crippen molar-refractivity contribution in [1.29, 1.82) is 0 Å². The minimum Gasteiger partial charge on any atom is -0.330 e. The lowest BCUT2D eigenvalue weighted by molar-refractivity contribution is -0.117. The lowest BCUT2D eigenvalue weighted by Crippen LogP contribution is -2.41. The standard InChI is InChI=1S/C16H24FN3O/c1-11-6-7-13(8-14(11)17)19-16(21)10-20(2)15-5-3-4-12(15)9-18/h6-8,12,15H,3-5,9-10,18H2,1-2H3,(H,19,21). The molecule has 1 aliphatic carbocycles. The first-order chi connectivity index (χ1) is 10.0. The van der Waals surface area contributed by atoms with Crippen molar-refractivity contribution in [2.75, 3.05) is 25.5 Å². The number of hydrogen-bond acceptors (Lipinski definition) is 3. The summed E-state index contributed by atoms with van der Waals surface area (Å²) >= 11 is 0. The Balaban J connectivity index is 1.90. The number of carbonyl (C=O) groups is 1. The molecule has 1 aromatic rings. The van der Waals surface area contributed by atoms with Gasteiger partial charge < -0.3 is 11.1 Å². The number of rotatable bonds is 5. The molecule has 21 heavy (non-hydrogen) atoms. The summed E-state index contributed by atoms with van der Waals surface area (Å²) in [5.41, 5.74) is 6.85. The van der Waals surface area contributed by atoms with Crippen LogP contribution in [0.3, 0.4) is 0 Å². The molecule has 0 aromatic heterocycles. The van der Waals surface area contributed by atoms with Crippen LogP contribution in [0.15, 0.2) is 18.2 Å². The Labute approximate surface area is 125 Å². The van der Waals surface area contributed by atoms with Crippen LogP contribution in [0.5, 0.6) is 0 Å². The van der Waals surface area contributed by atoms with Gasteiger partial charge in [0.1, 0.15) is 5.82 Å². The van der Waals surface area contributed by atoms with E-state index in [2.05, 4.69) is 10.2 Å². The second kappa shape index (κ2) is 7.00. The minimum absolute atomic E-state index is 0.122. The maximum Gasteiger partial charge on any atom is 0.238 e. The highest BCUT2D eigenvalue weighted by atomic mass is 19.1. The lowest BCUT2D eigenvalue weighted by Gasteiger charge is -2.28. The molecule has 0 bridgehead atoms. The molecule has 2 rings (SSSR count). The van der Waals surface area contributed by atoms with E-state index in [0.29, 0.717) is 36.3 Å². The number of aryl methyl sites for hydroxylation is 1. The van der Waals surface area contributed by atoms with Crippen molar-refractivity contribution in [2.24, 2.45) is 11.7 Å².